The first-order valence-corrected chi connectivity index (χ1v) is 8.10. The molecule has 1 atom stereocenters. The van der Waals surface area contributed by atoms with Crippen LogP contribution in [0.2, 0.25) is 0 Å². The van der Waals surface area contributed by atoms with E-state index in [1.807, 2.05) is 27.7 Å². The van der Waals surface area contributed by atoms with Crippen LogP contribution in [-0.2, 0) is 9.53 Å². The molecule has 0 radical (unpaired) electrons. The van der Waals surface area contributed by atoms with Gasteiger partial charge in [-0.3, -0.25) is 4.79 Å². The van der Waals surface area contributed by atoms with Crippen molar-refractivity contribution in [2.75, 3.05) is 18.5 Å². The first-order valence-electron chi connectivity index (χ1n) is 8.10. The molecule has 5 nitrogen and oxygen atoms in total. The predicted octanol–water partition coefficient (Wildman–Crippen LogP) is 3.79. The maximum absolute atomic E-state index is 12.5. The van der Waals surface area contributed by atoms with Crippen LogP contribution in [0.15, 0.2) is 18.3 Å². The van der Waals surface area contributed by atoms with E-state index < -0.39 is 5.60 Å². The molecule has 124 valence electrons. The SMILES string of the molecule is CCCOc1ccc(NC(=O)[C@](C)(CCC)OCCC)cn1. The van der Waals surface area contributed by atoms with Gasteiger partial charge in [-0.15, -0.1) is 0 Å². The Morgan fingerprint density at radius 2 is 1.91 bits per heavy atom. The normalized spacial score (nSPS) is 13.5. The summed E-state index contributed by atoms with van der Waals surface area (Å²) in [4.78, 5) is 16.7. The lowest BCUT2D eigenvalue weighted by atomic mass is 9.99. The second-order valence-corrected chi connectivity index (χ2v) is 5.52. The van der Waals surface area contributed by atoms with Gasteiger partial charge in [0, 0.05) is 12.7 Å². The average Bonchev–Trinajstić information content (AvgIpc) is 2.52. The Kier molecular flexibility index (Phi) is 7.88. The molecule has 1 aromatic heterocycles. The van der Waals surface area contributed by atoms with Gasteiger partial charge >= 0.3 is 0 Å². The third-order valence-electron chi connectivity index (χ3n) is 3.28. The fourth-order valence-electron chi connectivity index (χ4n) is 2.07. The van der Waals surface area contributed by atoms with Crippen molar-refractivity contribution >= 4 is 11.6 Å². The van der Waals surface area contributed by atoms with Gasteiger partial charge in [0.1, 0.15) is 5.60 Å². The van der Waals surface area contributed by atoms with Gasteiger partial charge < -0.3 is 14.8 Å². The maximum Gasteiger partial charge on any atom is 0.256 e. The highest BCUT2D eigenvalue weighted by Crippen LogP contribution is 2.21. The summed E-state index contributed by atoms with van der Waals surface area (Å²) in [6.07, 6.45) is 5.00. The molecule has 1 aromatic rings. The number of nitrogens with one attached hydrogen (secondary N) is 1. The fourth-order valence-corrected chi connectivity index (χ4v) is 2.07. The summed E-state index contributed by atoms with van der Waals surface area (Å²) in [5.74, 6) is 0.435. The molecule has 5 heteroatoms. The largest absolute Gasteiger partial charge is 0.478 e. The number of rotatable bonds is 10. The van der Waals surface area contributed by atoms with E-state index in [9.17, 15) is 4.79 Å². The molecule has 1 amide bonds. The average molecular weight is 308 g/mol. The molecule has 22 heavy (non-hydrogen) atoms. The zero-order chi connectivity index (χ0) is 16.4. The Morgan fingerprint density at radius 3 is 2.45 bits per heavy atom. The van der Waals surface area contributed by atoms with Crippen LogP contribution in [0.1, 0.15) is 53.4 Å². The van der Waals surface area contributed by atoms with Crippen molar-refractivity contribution in [1.82, 2.24) is 4.98 Å². The number of nitrogens with zero attached hydrogens (tertiary/aromatic N) is 1. The number of ether oxygens (including phenoxy) is 2. The van der Waals surface area contributed by atoms with E-state index in [-0.39, 0.29) is 5.91 Å². The molecular weight excluding hydrogens is 280 g/mol. The minimum Gasteiger partial charge on any atom is -0.478 e. The van der Waals surface area contributed by atoms with Crippen LogP contribution in [0.5, 0.6) is 5.88 Å². The number of hydrogen-bond donors (Lipinski definition) is 1. The van der Waals surface area contributed by atoms with Gasteiger partial charge in [-0.05, 0) is 32.3 Å². The molecule has 1 rings (SSSR count). The highest BCUT2D eigenvalue weighted by Gasteiger charge is 2.33. The van der Waals surface area contributed by atoms with Gasteiger partial charge in [-0.1, -0.05) is 27.2 Å². The van der Waals surface area contributed by atoms with Crippen molar-refractivity contribution < 1.29 is 14.3 Å². The summed E-state index contributed by atoms with van der Waals surface area (Å²) in [7, 11) is 0. The third kappa shape index (κ3) is 5.64. The molecule has 0 fully saturated rings. The number of carbonyl (C=O) groups is 1. The van der Waals surface area contributed by atoms with Crippen molar-refractivity contribution in [2.45, 2.75) is 59.0 Å². The highest BCUT2D eigenvalue weighted by molar-refractivity contribution is 5.96. The first kappa shape index (κ1) is 18.4. The number of carbonyl (C=O) groups excluding carboxylic acids is 1. The second kappa shape index (κ2) is 9.41. The van der Waals surface area contributed by atoms with Gasteiger partial charge in [0.15, 0.2) is 0 Å². The molecule has 0 saturated carbocycles. The van der Waals surface area contributed by atoms with E-state index in [0.717, 1.165) is 19.3 Å². The van der Waals surface area contributed by atoms with Crippen LogP contribution >= 0.6 is 0 Å². The molecule has 1 heterocycles. The number of amides is 1. The van der Waals surface area contributed by atoms with Gasteiger partial charge in [0.2, 0.25) is 5.88 Å². The van der Waals surface area contributed by atoms with Gasteiger partial charge in [-0.2, -0.15) is 0 Å². The summed E-state index contributed by atoms with van der Waals surface area (Å²) in [5, 5.41) is 2.88. The Morgan fingerprint density at radius 1 is 1.18 bits per heavy atom. The lowest BCUT2D eigenvalue weighted by Gasteiger charge is -2.28. The predicted molar refractivity (Wildman–Crippen MR) is 88.2 cm³/mol. The zero-order valence-electron chi connectivity index (χ0n) is 14.1. The standard InChI is InChI=1S/C17H28N2O3/c1-5-10-17(4,22-12-7-3)16(20)19-14-8-9-15(18-13-14)21-11-6-2/h8-9,13H,5-7,10-12H2,1-4H3,(H,19,20)/t17-/m0/s1. The Balaban J connectivity index is 2.68. The van der Waals surface area contributed by atoms with Crippen LogP contribution in [0.4, 0.5) is 5.69 Å². The van der Waals surface area contributed by atoms with Crippen LogP contribution in [0.25, 0.3) is 0 Å². The monoisotopic (exact) mass is 308 g/mol. The highest BCUT2D eigenvalue weighted by atomic mass is 16.5. The van der Waals surface area contributed by atoms with E-state index >= 15 is 0 Å². The molecule has 0 bridgehead atoms. The smallest absolute Gasteiger partial charge is 0.256 e. The third-order valence-corrected chi connectivity index (χ3v) is 3.28. The number of pyridine rings is 1. The van der Waals surface area contributed by atoms with Crippen LogP contribution in [-0.4, -0.2) is 29.7 Å². The molecule has 0 aliphatic heterocycles. The summed E-state index contributed by atoms with van der Waals surface area (Å²) in [5.41, 5.74) is -0.154. The van der Waals surface area contributed by atoms with Gasteiger partial charge in [0.05, 0.1) is 18.5 Å². The minimum absolute atomic E-state index is 0.133. The lowest BCUT2D eigenvalue weighted by molar-refractivity contribution is -0.140. The fraction of sp³-hybridized carbons (Fsp3) is 0.647. The van der Waals surface area contributed by atoms with Crippen LogP contribution in [0.3, 0.4) is 0 Å². The second-order valence-electron chi connectivity index (χ2n) is 5.52. The van der Waals surface area contributed by atoms with E-state index in [1.54, 1.807) is 18.3 Å². The molecule has 0 aliphatic rings. The van der Waals surface area contributed by atoms with E-state index in [4.69, 9.17) is 9.47 Å². The van der Waals surface area contributed by atoms with Gasteiger partial charge in [0.25, 0.3) is 5.91 Å². The topological polar surface area (TPSA) is 60.5 Å². The number of anilines is 1. The van der Waals surface area contributed by atoms with Crippen molar-refractivity contribution in [3.63, 3.8) is 0 Å². The molecule has 0 unspecified atom stereocenters. The Labute approximate surface area is 133 Å². The van der Waals surface area contributed by atoms with Crippen molar-refractivity contribution in [3.8, 4) is 5.88 Å². The molecule has 1 N–H and O–H groups in total. The maximum atomic E-state index is 12.5. The molecule has 0 aliphatic carbocycles. The number of hydrogen-bond acceptors (Lipinski definition) is 4. The Hall–Kier alpha value is -1.62. The van der Waals surface area contributed by atoms with E-state index in [1.165, 1.54) is 0 Å². The zero-order valence-corrected chi connectivity index (χ0v) is 14.1. The van der Waals surface area contributed by atoms with E-state index in [0.29, 0.717) is 31.2 Å². The number of aromatic nitrogens is 1. The van der Waals surface area contributed by atoms with Crippen LogP contribution in [0, 0.1) is 0 Å². The van der Waals surface area contributed by atoms with E-state index in [2.05, 4.69) is 10.3 Å². The summed E-state index contributed by atoms with van der Waals surface area (Å²) in [6, 6.07) is 3.55. The molecular formula is C17H28N2O3. The van der Waals surface area contributed by atoms with Crippen molar-refractivity contribution in [1.29, 1.82) is 0 Å². The first-order chi connectivity index (χ1) is 10.6. The molecule has 0 aromatic carbocycles. The summed E-state index contributed by atoms with van der Waals surface area (Å²) < 4.78 is 11.2. The van der Waals surface area contributed by atoms with Gasteiger partial charge in [-0.25, -0.2) is 4.98 Å². The molecule has 0 spiro atoms. The lowest BCUT2D eigenvalue weighted by Crippen LogP contribution is -2.43. The summed E-state index contributed by atoms with van der Waals surface area (Å²) in [6.45, 7) is 9.17. The van der Waals surface area contributed by atoms with Crippen LogP contribution < -0.4 is 10.1 Å². The van der Waals surface area contributed by atoms with Crippen molar-refractivity contribution in [3.05, 3.63) is 18.3 Å². The minimum atomic E-state index is -0.803. The van der Waals surface area contributed by atoms with Crippen molar-refractivity contribution in [2.24, 2.45) is 0 Å². The molecule has 0 saturated heterocycles. The summed E-state index contributed by atoms with van der Waals surface area (Å²) >= 11 is 0. The Bertz CT molecular complexity index is 448. The quantitative estimate of drug-likeness (QED) is 0.714.